The lowest BCUT2D eigenvalue weighted by Gasteiger charge is -2.11. The van der Waals surface area contributed by atoms with Crippen molar-refractivity contribution >= 4 is 22.4 Å². The third-order valence-corrected chi connectivity index (χ3v) is 4.93. The predicted molar refractivity (Wildman–Crippen MR) is 104 cm³/mol. The molecular formula is C20H21N3O2S. The minimum Gasteiger partial charge on any atom is -0.494 e. The van der Waals surface area contributed by atoms with Crippen LogP contribution in [0.1, 0.15) is 47.1 Å². The maximum absolute atomic E-state index is 12.5. The number of nitrogens with zero attached hydrogens (tertiary/aromatic N) is 2. The molecule has 1 atom stereocenters. The van der Waals surface area contributed by atoms with Crippen LogP contribution >= 0.6 is 11.3 Å². The average Bonchev–Trinajstić information content (AvgIpc) is 3.12. The quantitative estimate of drug-likeness (QED) is 0.656. The Bertz CT molecular complexity index is 864. The number of carbonyl (C=O) groups excluding carboxylic acids is 1. The van der Waals surface area contributed by atoms with E-state index >= 15 is 0 Å². The van der Waals surface area contributed by atoms with Crippen molar-refractivity contribution < 1.29 is 9.53 Å². The summed E-state index contributed by atoms with van der Waals surface area (Å²) in [7, 11) is 0. The first kappa shape index (κ1) is 18.1. The van der Waals surface area contributed by atoms with E-state index in [1.807, 2.05) is 31.2 Å². The number of hydrogen-bond donors (Lipinski definition) is 1. The lowest BCUT2D eigenvalue weighted by molar-refractivity contribution is 0.102. The number of ether oxygens (including phenoxy) is 1. The molecule has 0 spiro atoms. The summed E-state index contributed by atoms with van der Waals surface area (Å²) in [5, 5.41) is 12.7. The van der Waals surface area contributed by atoms with Crippen molar-refractivity contribution in [3.8, 4) is 5.75 Å². The highest BCUT2D eigenvalue weighted by Gasteiger charge is 2.18. The van der Waals surface area contributed by atoms with Gasteiger partial charge in [-0.2, -0.15) is 0 Å². The van der Waals surface area contributed by atoms with Crippen LogP contribution in [0.4, 0.5) is 5.13 Å². The highest BCUT2D eigenvalue weighted by molar-refractivity contribution is 7.15. The molecule has 3 rings (SSSR count). The van der Waals surface area contributed by atoms with E-state index in [4.69, 9.17) is 4.74 Å². The van der Waals surface area contributed by atoms with E-state index in [9.17, 15) is 4.79 Å². The van der Waals surface area contributed by atoms with E-state index in [0.717, 1.165) is 11.4 Å². The molecule has 26 heavy (non-hydrogen) atoms. The van der Waals surface area contributed by atoms with E-state index in [-0.39, 0.29) is 11.8 Å². The number of benzene rings is 2. The Labute approximate surface area is 157 Å². The highest BCUT2D eigenvalue weighted by atomic mass is 32.1. The number of anilines is 1. The van der Waals surface area contributed by atoms with Gasteiger partial charge in [0.05, 0.1) is 6.61 Å². The number of carbonyl (C=O) groups is 1. The zero-order chi connectivity index (χ0) is 18.4. The predicted octanol–water partition coefficient (Wildman–Crippen LogP) is 4.73. The molecule has 0 bridgehead atoms. The van der Waals surface area contributed by atoms with Crippen molar-refractivity contribution in [2.24, 2.45) is 0 Å². The van der Waals surface area contributed by atoms with Crippen LogP contribution in [0.2, 0.25) is 0 Å². The average molecular weight is 367 g/mol. The van der Waals surface area contributed by atoms with E-state index in [2.05, 4.69) is 34.6 Å². The maximum Gasteiger partial charge on any atom is 0.257 e. The van der Waals surface area contributed by atoms with Crippen molar-refractivity contribution in [3.63, 3.8) is 0 Å². The molecule has 1 heterocycles. The van der Waals surface area contributed by atoms with Crippen molar-refractivity contribution in [1.29, 1.82) is 0 Å². The van der Waals surface area contributed by atoms with E-state index in [1.165, 1.54) is 16.9 Å². The van der Waals surface area contributed by atoms with Gasteiger partial charge in [0.25, 0.3) is 5.91 Å². The summed E-state index contributed by atoms with van der Waals surface area (Å²) < 4.78 is 5.44. The van der Waals surface area contributed by atoms with Gasteiger partial charge in [-0.25, -0.2) is 0 Å². The van der Waals surface area contributed by atoms with Gasteiger partial charge in [0.15, 0.2) is 0 Å². The Morgan fingerprint density at radius 2 is 1.92 bits per heavy atom. The first-order valence-electron chi connectivity index (χ1n) is 8.63. The molecule has 0 saturated carbocycles. The minimum atomic E-state index is -0.220. The lowest BCUT2D eigenvalue weighted by Crippen LogP contribution is -2.11. The summed E-state index contributed by atoms with van der Waals surface area (Å²) in [4.78, 5) is 12.5. The third kappa shape index (κ3) is 4.26. The molecule has 6 heteroatoms. The fourth-order valence-electron chi connectivity index (χ4n) is 2.73. The topological polar surface area (TPSA) is 64.1 Å². The first-order valence-corrected chi connectivity index (χ1v) is 9.45. The van der Waals surface area contributed by atoms with Crippen molar-refractivity contribution in [2.75, 3.05) is 11.9 Å². The molecule has 2 aromatic carbocycles. The van der Waals surface area contributed by atoms with Gasteiger partial charge in [-0.05, 0) is 37.1 Å². The van der Waals surface area contributed by atoms with Crippen LogP contribution in [-0.4, -0.2) is 22.7 Å². The number of rotatable bonds is 7. The Kier molecular flexibility index (Phi) is 5.96. The maximum atomic E-state index is 12.5. The van der Waals surface area contributed by atoms with Gasteiger partial charge in [0, 0.05) is 11.5 Å². The van der Waals surface area contributed by atoms with Crippen LogP contribution in [0, 0.1) is 0 Å². The van der Waals surface area contributed by atoms with Crippen LogP contribution in [0.3, 0.4) is 0 Å². The largest absolute Gasteiger partial charge is 0.494 e. The van der Waals surface area contributed by atoms with E-state index in [1.54, 1.807) is 18.2 Å². The molecule has 1 amide bonds. The van der Waals surface area contributed by atoms with Gasteiger partial charge in [0.1, 0.15) is 10.8 Å². The van der Waals surface area contributed by atoms with Crippen LogP contribution in [0.25, 0.3) is 0 Å². The van der Waals surface area contributed by atoms with Crippen molar-refractivity contribution in [1.82, 2.24) is 10.2 Å². The second-order valence-electron chi connectivity index (χ2n) is 5.73. The van der Waals surface area contributed by atoms with Crippen LogP contribution in [-0.2, 0) is 0 Å². The van der Waals surface area contributed by atoms with Gasteiger partial charge in [-0.3, -0.25) is 10.1 Å². The van der Waals surface area contributed by atoms with Gasteiger partial charge in [-0.1, -0.05) is 54.7 Å². The molecule has 134 valence electrons. The molecule has 1 N–H and O–H groups in total. The monoisotopic (exact) mass is 367 g/mol. The van der Waals surface area contributed by atoms with Crippen molar-refractivity contribution in [3.05, 3.63) is 70.7 Å². The third-order valence-electron chi connectivity index (χ3n) is 3.98. The smallest absolute Gasteiger partial charge is 0.257 e. The number of aromatic nitrogens is 2. The molecule has 0 fully saturated rings. The fraction of sp³-hybridized carbons (Fsp3) is 0.250. The molecule has 3 aromatic rings. The van der Waals surface area contributed by atoms with Gasteiger partial charge in [0.2, 0.25) is 5.13 Å². The highest BCUT2D eigenvalue weighted by Crippen LogP contribution is 2.31. The second kappa shape index (κ2) is 8.58. The molecule has 0 aliphatic carbocycles. The Morgan fingerprint density at radius 1 is 1.12 bits per heavy atom. The molecular weight excluding hydrogens is 346 g/mol. The lowest BCUT2D eigenvalue weighted by atomic mass is 9.97. The Balaban J connectivity index is 1.73. The molecule has 1 aromatic heterocycles. The van der Waals surface area contributed by atoms with Crippen LogP contribution in [0.15, 0.2) is 54.6 Å². The first-order chi connectivity index (χ1) is 12.7. The summed E-state index contributed by atoms with van der Waals surface area (Å²) in [5.74, 6) is 0.635. The fourth-order valence-corrected chi connectivity index (χ4v) is 3.68. The van der Waals surface area contributed by atoms with Gasteiger partial charge < -0.3 is 4.74 Å². The Morgan fingerprint density at radius 3 is 2.65 bits per heavy atom. The zero-order valence-corrected chi connectivity index (χ0v) is 15.6. The number of nitrogens with one attached hydrogen (secondary N) is 1. The van der Waals surface area contributed by atoms with E-state index < -0.39 is 0 Å². The second-order valence-corrected chi connectivity index (χ2v) is 6.74. The molecule has 0 radical (unpaired) electrons. The molecule has 0 unspecified atom stereocenters. The summed E-state index contributed by atoms with van der Waals surface area (Å²) in [6.45, 7) is 4.59. The summed E-state index contributed by atoms with van der Waals surface area (Å²) in [5.41, 5.74) is 1.73. The van der Waals surface area contributed by atoms with Crippen LogP contribution < -0.4 is 10.1 Å². The summed E-state index contributed by atoms with van der Waals surface area (Å²) >= 11 is 1.41. The minimum absolute atomic E-state index is 0.181. The Hall–Kier alpha value is -2.73. The normalized spacial score (nSPS) is 11.8. The molecule has 0 aliphatic heterocycles. The van der Waals surface area contributed by atoms with E-state index in [0.29, 0.717) is 23.1 Å². The molecule has 5 nitrogen and oxygen atoms in total. The summed E-state index contributed by atoms with van der Waals surface area (Å²) in [6, 6.07) is 17.3. The molecule has 0 saturated heterocycles. The standard InChI is InChI=1S/C20H21N3O2S/c1-3-17(14-9-6-5-7-10-14)19-22-23-20(26-19)21-18(24)15-11-8-12-16(13-15)25-4-2/h5-13,17H,3-4H2,1-2H3,(H,21,23,24)/t17-/m0/s1. The van der Waals surface area contributed by atoms with Gasteiger partial charge in [-0.15, -0.1) is 10.2 Å². The zero-order valence-electron chi connectivity index (χ0n) is 14.8. The van der Waals surface area contributed by atoms with Crippen molar-refractivity contribution in [2.45, 2.75) is 26.2 Å². The van der Waals surface area contributed by atoms with Crippen LogP contribution in [0.5, 0.6) is 5.75 Å². The molecule has 0 aliphatic rings. The summed E-state index contributed by atoms with van der Waals surface area (Å²) in [6.07, 6.45) is 0.920. The number of amides is 1. The van der Waals surface area contributed by atoms with Gasteiger partial charge >= 0.3 is 0 Å². The number of hydrogen-bond acceptors (Lipinski definition) is 5. The SMILES string of the molecule is CCOc1cccc(C(=O)Nc2nnc([C@@H](CC)c3ccccc3)s2)c1.